The molecule has 3 rings (SSSR count). The summed E-state index contributed by atoms with van der Waals surface area (Å²) in [5.74, 6) is 0.232. The van der Waals surface area contributed by atoms with Crippen LogP contribution in [0.1, 0.15) is 41.8 Å². The zero-order valence-electron chi connectivity index (χ0n) is 14.1. The second kappa shape index (κ2) is 6.43. The molecule has 1 aliphatic heterocycles. The molecule has 1 amide bonds. The molecule has 0 bridgehead atoms. The second-order valence-electron chi connectivity index (χ2n) is 6.69. The molecular weight excluding hydrogens is 308 g/mol. The number of hydrogen-bond donors (Lipinski definition) is 0. The largest absolute Gasteiger partial charge is 0.343 e. The Balaban J connectivity index is 1.53. The average molecular weight is 332 g/mol. The summed E-state index contributed by atoms with van der Waals surface area (Å²) in [4.78, 5) is 20.2. The number of rotatable bonds is 4. The number of nitrogens with zero attached hydrogens (tertiary/aromatic N) is 4. The van der Waals surface area contributed by atoms with E-state index in [1.165, 1.54) is 9.88 Å². The number of likely N-dealkylation sites (tertiary alicyclic amines) is 1. The zero-order chi connectivity index (χ0) is 16.4. The first kappa shape index (κ1) is 16.2. The predicted octanol–water partition coefficient (Wildman–Crippen LogP) is 2.93. The molecule has 5 nitrogen and oxygen atoms in total. The first-order chi connectivity index (χ1) is 11.0. The van der Waals surface area contributed by atoms with E-state index in [1.807, 2.05) is 35.0 Å². The van der Waals surface area contributed by atoms with Crippen LogP contribution in [0.25, 0.3) is 0 Å². The maximum absolute atomic E-state index is 12.4. The lowest BCUT2D eigenvalue weighted by Crippen LogP contribution is -2.44. The van der Waals surface area contributed by atoms with Crippen molar-refractivity contribution >= 4 is 17.2 Å². The Kier molecular flexibility index (Phi) is 4.53. The zero-order valence-corrected chi connectivity index (χ0v) is 14.9. The molecule has 0 unspecified atom stereocenters. The maximum Gasteiger partial charge on any atom is 0.224 e. The normalized spacial score (nSPS) is 17.4. The second-order valence-corrected chi connectivity index (χ2v) is 7.92. The molecule has 3 heterocycles. The highest BCUT2D eigenvalue weighted by Gasteiger charge is 2.35. The highest BCUT2D eigenvalue weighted by atomic mass is 32.1. The van der Waals surface area contributed by atoms with E-state index in [-0.39, 0.29) is 11.3 Å². The van der Waals surface area contributed by atoms with Crippen LogP contribution < -0.4 is 0 Å². The molecule has 0 saturated carbocycles. The minimum atomic E-state index is 0.120. The van der Waals surface area contributed by atoms with Crippen molar-refractivity contribution in [1.29, 1.82) is 0 Å². The van der Waals surface area contributed by atoms with Crippen molar-refractivity contribution in [3.05, 3.63) is 34.0 Å². The van der Waals surface area contributed by atoms with Crippen molar-refractivity contribution in [2.75, 3.05) is 13.1 Å². The van der Waals surface area contributed by atoms with E-state index in [2.05, 4.69) is 23.9 Å². The van der Waals surface area contributed by atoms with Crippen molar-refractivity contribution in [1.82, 2.24) is 19.7 Å². The Morgan fingerprint density at radius 1 is 1.35 bits per heavy atom. The molecule has 6 heteroatoms. The van der Waals surface area contributed by atoms with Crippen LogP contribution in [0.2, 0.25) is 0 Å². The molecule has 2 aromatic heterocycles. The molecule has 0 aromatic carbocycles. The molecular formula is C17H24N4OS. The Morgan fingerprint density at radius 2 is 2.09 bits per heavy atom. The van der Waals surface area contributed by atoms with E-state index in [0.717, 1.165) is 31.6 Å². The van der Waals surface area contributed by atoms with Gasteiger partial charge in [-0.1, -0.05) is 6.92 Å². The first-order valence-corrected chi connectivity index (χ1v) is 8.99. The van der Waals surface area contributed by atoms with Gasteiger partial charge in [0.1, 0.15) is 0 Å². The van der Waals surface area contributed by atoms with Gasteiger partial charge in [0, 0.05) is 48.7 Å². The molecule has 23 heavy (non-hydrogen) atoms. The fraction of sp³-hybridized carbons (Fsp3) is 0.588. The lowest BCUT2D eigenvalue weighted by Gasteiger charge is -2.38. The van der Waals surface area contributed by atoms with Crippen LogP contribution in [0, 0.1) is 13.8 Å². The van der Waals surface area contributed by atoms with Gasteiger partial charge in [-0.3, -0.25) is 9.48 Å². The molecule has 2 aromatic rings. The van der Waals surface area contributed by atoms with Gasteiger partial charge in [-0.05, 0) is 32.8 Å². The van der Waals surface area contributed by atoms with E-state index >= 15 is 0 Å². The summed E-state index contributed by atoms with van der Waals surface area (Å²) in [6.45, 7) is 8.65. The van der Waals surface area contributed by atoms with Crippen LogP contribution in [-0.4, -0.2) is 38.7 Å². The van der Waals surface area contributed by atoms with Gasteiger partial charge in [-0.15, -0.1) is 11.3 Å². The maximum atomic E-state index is 12.4. The van der Waals surface area contributed by atoms with E-state index < -0.39 is 0 Å². The standard InChI is InChI=1S/C17H24N4OS/c1-13-4-8-21(19-13)9-5-15(22)20-10-6-17(3,7-11-20)16-18-12-14(2)23-16/h4,8,12H,5-7,9-11H2,1-3H3. The molecule has 0 radical (unpaired) electrons. The number of piperidine rings is 1. The van der Waals surface area contributed by atoms with Crippen LogP contribution in [0.3, 0.4) is 0 Å². The number of amides is 1. The van der Waals surface area contributed by atoms with Crippen LogP contribution in [0.4, 0.5) is 0 Å². The monoisotopic (exact) mass is 332 g/mol. The highest BCUT2D eigenvalue weighted by molar-refractivity contribution is 7.11. The Labute approximate surface area is 141 Å². The van der Waals surface area contributed by atoms with Gasteiger partial charge >= 0.3 is 0 Å². The Morgan fingerprint density at radius 3 is 2.65 bits per heavy atom. The lowest BCUT2D eigenvalue weighted by molar-refractivity contribution is -0.133. The van der Waals surface area contributed by atoms with Gasteiger partial charge < -0.3 is 4.90 Å². The smallest absolute Gasteiger partial charge is 0.224 e. The SMILES string of the molecule is Cc1ccn(CCC(=O)N2CCC(C)(c3ncc(C)s3)CC2)n1. The number of carbonyl (C=O) groups excluding carboxylic acids is 1. The molecule has 0 atom stereocenters. The Hall–Kier alpha value is -1.69. The fourth-order valence-electron chi connectivity index (χ4n) is 3.05. The number of aromatic nitrogens is 3. The predicted molar refractivity (Wildman–Crippen MR) is 91.6 cm³/mol. The van der Waals surface area contributed by atoms with Gasteiger partial charge in [0.25, 0.3) is 0 Å². The van der Waals surface area contributed by atoms with Crippen molar-refractivity contribution in [2.24, 2.45) is 0 Å². The van der Waals surface area contributed by atoms with E-state index in [0.29, 0.717) is 13.0 Å². The first-order valence-electron chi connectivity index (χ1n) is 8.17. The number of aryl methyl sites for hydroxylation is 3. The summed E-state index contributed by atoms with van der Waals surface area (Å²) in [5, 5.41) is 5.55. The van der Waals surface area contributed by atoms with Crippen molar-refractivity contribution in [3.8, 4) is 0 Å². The topological polar surface area (TPSA) is 51.0 Å². The van der Waals surface area contributed by atoms with E-state index in [9.17, 15) is 4.79 Å². The van der Waals surface area contributed by atoms with Gasteiger partial charge in [-0.2, -0.15) is 5.10 Å². The average Bonchev–Trinajstić information content (AvgIpc) is 3.14. The summed E-state index contributed by atoms with van der Waals surface area (Å²) < 4.78 is 1.85. The number of carbonyl (C=O) groups is 1. The molecule has 1 aliphatic rings. The highest BCUT2D eigenvalue weighted by Crippen LogP contribution is 2.37. The summed E-state index contributed by atoms with van der Waals surface area (Å²) in [6, 6.07) is 1.97. The third kappa shape index (κ3) is 3.63. The summed E-state index contributed by atoms with van der Waals surface area (Å²) >= 11 is 1.79. The molecule has 1 fully saturated rings. The van der Waals surface area contributed by atoms with Gasteiger partial charge in [0.05, 0.1) is 10.7 Å². The fourth-order valence-corrected chi connectivity index (χ4v) is 4.02. The third-order valence-electron chi connectivity index (χ3n) is 4.69. The van der Waals surface area contributed by atoms with Crippen molar-refractivity contribution in [2.45, 2.75) is 52.0 Å². The summed E-state index contributed by atoms with van der Waals surface area (Å²) in [7, 11) is 0. The molecule has 1 saturated heterocycles. The van der Waals surface area contributed by atoms with Crippen LogP contribution in [0.15, 0.2) is 18.5 Å². The number of thiazole rings is 1. The van der Waals surface area contributed by atoms with E-state index in [1.54, 1.807) is 11.3 Å². The summed E-state index contributed by atoms with van der Waals surface area (Å²) in [5.41, 5.74) is 1.11. The van der Waals surface area contributed by atoms with Gasteiger partial charge in [0.2, 0.25) is 5.91 Å². The van der Waals surface area contributed by atoms with Crippen molar-refractivity contribution in [3.63, 3.8) is 0 Å². The third-order valence-corrected chi connectivity index (χ3v) is 5.90. The minimum absolute atomic E-state index is 0.120. The van der Waals surface area contributed by atoms with Gasteiger partial charge in [-0.25, -0.2) is 4.98 Å². The van der Waals surface area contributed by atoms with Crippen LogP contribution >= 0.6 is 11.3 Å². The molecule has 0 aliphatic carbocycles. The quantitative estimate of drug-likeness (QED) is 0.865. The minimum Gasteiger partial charge on any atom is -0.343 e. The lowest BCUT2D eigenvalue weighted by atomic mass is 9.81. The van der Waals surface area contributed by atoms with Crippen LogP contribution in [0.5, 0.6) is 0 Å². The van der Waals surface area contributed by atoms with Crippen molar-refractivity contribution < 1.29 is 4.79 Å². The Bertz CT molecular complexity index is 682. The molecule has 0 spiro atoms. The molecule has 124 valence electrons. The van der Waals surface area contributed by atoms with Gasteiger partial charge in [0.15, 0.2) is 0 Å². The van der Waals surface area contributed by atoms with Crippen LogP contribution in [-0.2, 0) is 16.8 Å². The number of hydrogen-bond acceptors (Lipinski definition) is 4. The van der Waals surface area contributed by atoms with E-state index in [4.69, 9.17) is 0 Å². The molecule has 0 N–H and O–H groups in total. The summed E-state index contributed by atoms with van der Waals surface area (Å²) in [6.07, 6.45) is 6.39.